The molecule has 1 saturated heterocycles. The largest absolute Gasteiger partial charge is 0.497 e. The van der Waals surface area contributed by atoms with Crippen LogP contribution in [0.2, 0.25) is 0 Å². The summed E-state index contributed by atoms with van der Waals surface area (Å²) in [4.78, 5) is 24.0. The molecule has 1 fully saturated rings. The lowest BCUT2D eigenvalue weighted by molar-refractivity contribution is -0.120. The first-order valence-corrected chi connectivity index (χ1v) is 5.96. The highest BCUT2D eigenvalue weighted by Crippen LogP contribution is 2.20. The van der Waals surface area contributed by atoms with Crippen molar-refractivity contribution in [1.82, 2.24) is 5.32 Å². The van der Waals surface area contributed by atoms with E-state index in [1.807, 2.05) is 13.8 Å². The summed E-state index contributed by atoms with van der Waals surface area (Å²) < 4.78 is 5.03. The molecule has 0 bridgehead atoms. The Morgan fingerprint density at radius 3 is 2.28 bits per heavy atom. The Kier molecular flexibility index (Phi) is 5.17. The molecule has 0 unspecified atom stereocenters. The van der Waals surface area contributed by atoms with Crippen LogP contribution in [0.3, 0.4) is 0 Å². The van der Waals surface area contributed by atoms with Gasteiger partial charge in [0.15, 0.2) is 0 Å². The van der Waals surface area contributed by atoms with Crippen molar-refractivity contribution in [1.29, 1.82) is 0 Å². The Balaban J connectivity index is 0.000000771. The third-order valence-electron chi connectivity index (χ3n) is 2.44. The second-order valence-corrected chi connectivity index (χ2v) is 3.45. The lowest BCUT2D eigenvalue weighted by Crippen LogP contribution is -2.49. The summed E-state index contributed by atoms with van der Waals surface area (Å²) in [6.45, 7) is 4.41. The van der Waals surface area contributed by atoms with Gasteiger partial charge in [0.05, 0.1) is 7.11 Å². The predicted octanol–water partition coefficient (Wildman–Crippen LogP) is 2.17. The van der Waals surface area contributed by atoms with E-state index >= 15 is 0 Å². The SMILES string of the molecule is CC.COc1ccc(N2CCC(=O)NC2=O)cc1. The fourth-order valence-corrected chi connectivity index (χ4v) is 1.57. The third kappa shape index (κ3) is 3.23. The predicted molar refractivity (Wildman–Crippen MR) is 69.8 cm³/mol. The molecular formula is C13H18N2O3. The summed E-state index contributed by atoms with van der Waals surface area (Å²) >= 11 is 0. The Hall–Kier alpha value is -2.04. The number of ether oxygens (including phenoxy) is 1. The zero-order valence-corrected chi connectivity index (χ0v) is 10.9. The van der Waals surface area contributed by atoms with Gasteiger partial charge in [-0.15, -0.1) is 0 Å². The topological polar surface area (TPSA) is 58.6 Å². The molecule has 0 spiro atoms. The first-order chi connectivity index (χ1) is 8.70. The normalized spacial score (nSPS) is 14.5. The molecule has 5 nitrogen and oxygen atoms in total. The molecule has 18 heavy (non-hydrogen) atoms. The Morgan fingerprint density at radius 1 is 1.17 bits per heavy atom. The number of urea groups is 1. The molecule has 1 N–H and O–H groups in total. The zero-order valence-electron chi connectivity index (χ0n) is 10.9. The molecule has 0 aliphatic carbocycles. The Bertz CT molecular complexity index is 415. The maximum absolute atomic E-state index is 11.5. The number of carbonyl (C=O) groups excluding carboxylic acids is 2. The van der Waals surface area contributed by atoms with Gasteiger partial charge in [-0.25, -0.2) is 4.79 Å². The molecule has 1 aromatic carbocycles. The number of anilines is 1. The van der Waals surface area contributed by atoms with Crippen molar-refractivity contribution < 1.29 is 14.3 Å². The molecule has 0 saturated carbocycles. The lowest BCUT2D eigenvalue weighted by atomic mass is 10.2. The minimum atomic E-state index is -0.374. The molecule has 1 aliphatic heterocycles. The fourth-order valence-electron chi connectivity index (χ4n) is 1.57. The van der Waals surface area contributed by atoms with Crippen LogP contribution in [-0.2, 0) is 4.79 Å². The van der Waals surface area contributed by atoms with Crippen molar-refractivity contribution in [2.75, 3.05) is 18.6 Å². The minimum Gasteiger partial charge on any atom is -0.497 e. The summed E-state index contributed by atoms with van der Waals surface area (Å²) in [5, 5.41) is 2.27. The summed E-state index contributed by atoms with van der Waals surface area (Å²) in [5.41, 5.74) is 0.755. The van der Waals surface area contributed by atoms with Crippen molar-refractivity contribution >= 4 is 17.6 Å². The van der Waals surface area contributed by atoms with Crippen LogP contribution in [0, 0.1) is 0 Å². The minimum absolute atomic E-state index is 0.227. The second kappa shape index (κ2) is 6.64. The Morgan fingerprint density at radius 2 is 1.78 bits per heavy atom. The summed E-state index contributed by atoms with van der Waals surface area (Å²) in [6.07, 6.45) is 0.331. The number of nitrogens with zero attached hydrogens (tertiary/aromatic N) is 1. The van der Waals surface area contributed by atoms with Gasteiger partial charge in [-0.1, -0.05) is 13.8 Å². The highest BCUT2D eigenvalue weighted by atomic mass is 16.5. The average molecular weight is 250 g/mol. The van der Waals surface area contributed by atoms with Gasteiger partial charge in [-0.05, 0) is 24.3 Å². The standard InChI is InChI=1S/C11H12N2O3.C2H6/c1-16-9-4-2-8(3-5-9)13-7-6-10(14)12-11(13)15;1-2/h2-5H,6-7H2,1H3,(H,12,14,15);1-2H3. The van der Waals surface area contributed by atoms with Gasteiger partial charge in [0.2, 0.25) is 5.91 Å². The number of nitrogens with one attached hydrogen (secondary N) is 1. The monoisotopic (exact) mass is 250 g/mol. The van der Waals surface area contributed by atoms with Crippen LogP contribution in [0.1, 0.15) is 20.3 Å². The van der Waals surface area contributed by atoms with Gasteiger partial charge in [0.1, 0.15) is 5.75 Å². The smallest absolute Gasteiger partial charge is 0.328 e. The van der Waals surface area contributed by atoms with E-state index < -0.39 is 0 Å². The second-order valence-electron chi connectivity index (χ2n) is 3.45. The van der Waals surface area contributed by atoms with Gasteiger partial charge in [-0.3, -0.25) is 15.0 Å². The van der Waals surface area contributed by atoms with Crippen LogP contribution in [0.5, 0.6) is 5.75 Å². The van der Waals surface area contributed by atoms with Crippen LogP contribution < -0.4 is 15.0 Å². The molecule has 1 aliphatic rings. The summed E-state index contributed by atoms with van der Waals surface area (Å²) in [6, 6.07) is 6.75. The Labute approximate surface area is 107 Å². The molecular weight excluding hydrogens is 232 g/mol. The maximum Gasteiger partial charge on any atom is 0.328 e. The molecule has 3 amide bonds. The molecule has 0 atom stereocenters. The molecule has 1 heterocycles. The number of hydrogen-bond donors (Lipinski definition) is 1. The number of rotatable bonds is 2. The molecule has 5 heteroatoms. The molecule has 2 rings (SSSR count). The number of benzene rings is 1. The first kappa shape index (κ1) is 14.0. The maximum atomic E-state index is 11.5. The first-order valence-electron chi connectivity index (χ1n) is 5.96. The van der Waals surface area contributed by atoms with Crippen molar-refractivity contribution in [2.45, 2.75) is 20.3 Å². The van der Waals surface area contributed by atoms with E-state index in [0.29, 0.717) is 13.0 Å². The van der Waals surface area contributed by atoms with E-state index in [9.17, 15) is 9.59 Å². The van der Waals surface area contributed by atoms with E-state index in [0.717, 1.165) is 11.4 Å². The van der Waals surface area contributed by atoms with Crippen molar-refractivity contribution in [3.63, 3.8) is 0 Å². The number of methoxy groups -OCH3 is 1. The van der Waals surface area contributed by atoms with E-state index in [1.54, 1.807) is 31.4 Å². The van der Waals surface area contributed by atoms with Gasteiger partial charge in [0, 0.05) is 18.7 Å². The van der Waals surface area contributed by atoms with Gasteiger partial charge < -0.3 is 4.74 Å². The fraction of sp³-hybridized carbons (Fsp3) is 0.385. The number of imide groups is 1. The number of amides is 3. The number of hydrogen-bond acceptors (Lipinski definition) is 3. The lowest BCUT2D eigenvalue weighted by Gasteiger charge is -2.26. The van der Waals surface area contributed by atoms with Crippen LogP contribution in [0.15, 0.2) is 24.3 Å². The zero-order chi connectivity index (χ0) is 13.5. The highest BCUT2D eigenvalue weighted by molar-refractivity contribution is 6.05. The van der Waals surface area contributed by atoms with Crippen LogP contribution in [-0.4, -0.2) is 25.6 Å². The molecule has 0 aromatic heterocycles. The highest BCUT2D eigenvalue weighted by Gasteiger charge is 2.23. The van der Waals surface area contributed by atoms with Crippen molar-refractivity contribution in [3.05, 3.63) is 24.3 Å². The van der Waals surface area contributed by atoms with E-state index in [2.05, 4.69) is 5.32 Å². The van der Waals surface area contributed by atoms with Crippen molar-refractivity contribution in [2.24, 2.45) is 0 Å². The van der Waals surface area contributed by atoms with Crippen LogP contribution >= 0.6 is 0 Å². The molecule has 98 valence electrons. The molecule has 0 radical (unpaired) electrons. The summed E-state index contributed by atoms with van der Waals surface area (Å²) in [7, 11) is 1.58. The average Bonchev–Trinajstić information content (AvgIpc) is 2.41. The van der Waals surface area contributed by atoms with Gasteiger partial charge >= 0.3 is 6.03 Å². The van der Waals surface area contributed by atoms with E-state index in [-0.39, 0.29) is 11.9 Å². The van der Waals surface area contributed by atoms with Crippen LogP contribution in [0.4, 0.5) is 10.5 Å². The third-order valence-corrected chi connectivity index (χ3v) is 2.44. The molecule has 1 aromatic rings. The quantitative estimate of drug-likeness (QED) is 0.875. The van der Waals surface area contributed by atoms with Crippen LogP contribution in [0.25, 0.3) is 0 Å². The van der Waals surface area contributed by atoms with E-state index in [4.69, 9.17) is 4.74 Å². The summed E-state index contributed by atoms with van der Waals surface area (Å²) in [5.74, 6) is 0.506. The van der Waals surface area contributed by atoms with Crippen molar-refractivity contribution in [3.8, 4) is 5.75 Å². The van der Waals surface area contributed by atoms with E-state index in [1.165, 1.54) is 4.90 Å². The number of carbonyl (C=O) groups is 2. The van der Waals surface area contributed by atoms with Gasteiger partial charge in [0.25, 0.3) is 0 Å². The van der Waals surface area contributed by atoms with Gasteiger partial charge in [-0.2, -0.15) is 0 Å².